The predicted molar refractivity (Wildman–Crippen MR) is 78.9 cm³/mol. The Hall–Kier alpha value is -0.0800. The van der Waals surface area contributed by atoms with Crippen LogP contribution in [0.4, 0.5) is 0 Å². The van der Waals surface area contributed by atoms with Gasteiger partial charge < -0.3 is 9.84 Å². The third kappa shape index (κ3) is 8.10. The van der Waals surface area contributed by atoms with E-state index in [1.165, 1.54) is 38.5 Å². The SMILES string of the molecule is CCCCCCCCCC(O)C(OC)C(C)(C)C. The number of rotatable bonds is 10. The van der Waals surface area contributed by atoms with Crippen molar-refractivity contribution in [3.63, 3.8) is 0 Å². The van der Waals surface area contributed by atoms with E-state index < -0.39 is 0 Å². The van der Waals surface area contributed by atoms with Crippen LogP contribution >= 0.6 is 0 Å². The van der Waals surface area contributed by atoms with Crippen LogP contribution in [0.5, 0.6) is 0 Å². The van der Waals surface area contributed by atoms with Gasteiger partial charge in [0.05, 0.1) is 12.2 Å². The monoisotopic (exact) mass is 258 g/mol. The van der Waals surface area contributed by atoms with Crippen molar-refractivity contribution in [1.29, 1.82) is 0 Å². The average molecular weight is 258 g/mol. The molecule has 0 aromatic carbocycles. The Morgan fingerprint density at radius 3 is 1.89 bits per heavy atom. The van der Waals surface area contributed by atoms with Crippen LogP contribution in [0.3, 0.4) is 0 Å². The van der Waals surface area contributed by atoms with Crippen molar-refractivity contribution in [1.82, 2.24) is 0 Å². The lowest BCUT2D eigenvalue weighted by molar-refractivity contribution is -0.0738. The third-order valence-electron chi connectivity index (χ3n) is 3.56. The van der Waals surface area contributed by atoms with Crippen LogP contribution in [0.2, 0.25) is 0 Å². The van der Waals surface area contributed by atoms with Crippen LogP contribution in [0.25, 0.3) is 0 Å². The molecule has 2 atom stereocenters. The first-order chi connectivity index (χ1) is 8.43. The zero-order chi connectivity index (χ0) is 14.0. The van der Waals surface area contributed by atoms with E-state index in [2.05, 4.69) is 27.7 Å². The van der Waals surface area contributed by atoms with Gasteiger partial charge in [0.1, 0.15) is 0 Å². The molecule has 0 aromatic heterocycles. The molecule has 0 fully saturated rings. The number of aliphatic hydroxyl groups is 1. The van der Waals surface area contributed by atoms with E-state index in [1.807, 2.05) is 0 Å². The Balaban J connectivity index is 3.66. The highest BCUT2D eigenvalue weighted by atomic mass is 16.5. The van der Waals surface area contributed by atoms with Gasteiger partial charge in [-0.3, -0.25) is 0 Å². The van der Waals surface area contributed by atoms with Gasteiger partial charge in [-0.2, -0.15) is 0 Å². The van der Waals surface area contributed by atoms with E-state index in [0.29, 0.717) is 0 Å². The molecule has 0 saturated carbocycles. The maximum atomic E-state index is 10.2. The summed E-state index contributed by atoms with van der Waals surface area (Å²) in [6.45, 7) is 8.60. The lowest BCUT2D eigenvalue weighted by atomic mass is 9.84. The first-order valence-corrected chi connectivity index (χ1v) is 7.64. The molecule has 0 aliphatic rings. The number of methoxy groups -OCH3 is 1. The molecule has 0 rings (SSSR count). The van der Waals surface area contributed by atoms with Gasteiger partial charge in [-0.1, -0.05) is 72.6 Å². The number of aliphatic hydroxyl groups excluding tert-OH is 1. The Morgan fingerprint density at radius 2 is 1.44 bits per heavy atom. The van der Waals surface area contributed by atoms with Crippen LogP contribution in [0, 0.1) is 5.41 Å². The second kappa shape index (κ2) is 9.80. The maximum Gasteiger partial charge on any atom is 0.0878 e. The van der Waals surface area contributed by atoms with Gasteiger partial charge >= 0.3 is 0 Å². The quantitative estimate of drug-likeness (QED) is 0.583. The molecule has 0 radical (unpaired) electrons. The molecular formula is C16H34O2. The predicted octanol–water partition coefficient (Wildman–Crippen LogP) is 4.55. The van der Waals surface area contributed by atoms with Gasteiger partial charge in [-0.25, -0.2) is 0 Å². The zero-order valence-electron chi connectivity index (χ0n) is 13.2. The average Bonchev–Trinajstić information content (AvgIpc) is 2.27. The molecule has 0 bridgehead atoms. The summed E-state index contributed by atoms with van der Waals surface area (Å²) in [6.07, 6.45) is 9.51. The van der Waals surface area contributed by atoms with E-state index in [0.717, 1.165) is 12.8 Å². The van der Waals surface area contributed by atoms with Crippen LogP contribution in [-0.4, -0.2) is 24.4 Å². The topological polar surface area (TPSA) is 29.5 Å². The molecule has 2 nitrogen and oxygen atoms in total. The van der Waals surface area contributed by atoms with Crippen molar-refractivity contribution < 1.29 is 9.84 Å². The standard InChI is InChI=1S/C16H34O2/c1-6-7-8-9-10-11-12-13-14(17)15(18-5)16(2,3)4/h14-15,17H,6-13H2,1-5H3. The Labute approximate surface area is 114 Å². The minimum absolute atomic E-state index is 0.00922. The number of hydrogen-bond donors (Lipinski definition) is 1. The molecule has 110 valence electrons. The number of ether oxygens (including phenoxy) is 1. The largest absolute Gasteiger partial charge is 0.390 e. The van der Waals surface area contributed by atoms with Crippen LogP contribution in [-0.2, 0) is 4.74 Å². The van der Waals surface area contributed by atoms with Crippen molar-refractivity contribution in [2.24, 2.45) is 5.41 Å². The summed E-state index contributed by atoms with van der Waals surface area (Å²) in [5, 5.41) is 10.2. The fraction of sp³-hybridized carbons (Fsp3) is 1.00. The molecule has 0 amide bonds. The molecule has 0 saturated heterocycles. The Bertz CT molecular complexity index is 184. The van der Waals surface area contributed by atoms with Gasteiger partial charge in [0, 0.05) is 7.11 Å². The van der Waals surface area contributed by atoms with Crippen molar-refractivity contribution in [2.75, 3.05) is 7.11 Å². The van der Waals surface area contributed by atoms with Crippen molar-refractivity contribution >= 4 is 0 Å². The van der Waals surface area contributed by atoms with Crippen molar-refractivity contribution in [3.05, 3.63) is 0 Å². The van der Waals surface area contributed by atoms with Crippen LogP contribution < -0.4 is 0 Å². The normalized spacial score (nSPS) is 15.7. The summed E-state index contributed by atoms with van der Waals surface area (Å²) >= 11 is 0. The van der Waals surface area contributed by atoms with E-state index in [4.69, 9.17) is 4.74 Å². The molecule has 2 heteroatoms. The minimum atomic E-state index is -0.328. The molecule has 0 heterocycles. The highest BCUT2D eigenvalue weighted by Crippen LogP contribution is 2.26. The summed E-state index contributed by atoms with van der Waals surface area (Å²) in [7, 11) is 1.70. The summed E-state index contributed by atoms with van der Waals surface area (Å²) < 4.78 is 5.44. The highest BCUT2D eigenvalue weighted by molar-refractivity contribution is 4.80. The number of hydrogen-bond acceptors (Lipinski definition) is 2. The summed E-state index contributed by atoms with van der Waals surface area (Å²) in [4.78, 5) is 0. The number of unbranched alkanes of at least 4 members (excludes halogenated alkanes) is 6. The van der Waals surface area contributed by atoms with Gasteiger partial charge in [-0.05, 0) is 11.8 Å². The molecule has 0 aliphatic heterocycles. The highest BCUT2D eigenvalue weighted by Gasteiger charge is 2.30. The summed E-state index contributed by atoms with van der Waals surface area (Å²) in [5.74, 6) is 0. The molecule has 0 spiro atoms. The van der Waals surface area contributed by atoms with Gasteiger partial charge in [0.15, 0.2) is 0 Å². The van der Waals surface area contributed by atoms with Crippen LogP contribution in [0.15, 0.2) is 0 Å². The van der Waals surface area contributed by atoms with Gasteiger partial charge in [0.25, 0.3) is 0 Å². The van der Waals surface area contributed by atoms with Gasteiger partial charge in [0.2, 0.25) is 0 Å². The fourth-order valence-corrected chi connectivity index (χ4v) is 2.55. The lowest BCUT2D eigenvalue weighted by Crippen LogP contribution is -2.39. The van der Waals surface area contributed by atoms with E-state index >= 15 is 0 Å². The fourth-order valence-electron chi connectivity index (χ4n) is 2.55. The molecule has 1 N–H and O–H groups in total. The first-order valence-electron chi connectivity index (χ1n) is 7.64. The molecule has 18 heavy (non-hydrogen) atoms. The molecule has 0 aliphatic carbocycles. The summed E-state index contributed by atoms with van der Waals surface area (Å²) in [5.41, 5.74) is 0.00922. The second-order valence-corrected chi connectivity index (χ2v) is 6.50. The first kappa shape index (κ1) is 17.9. The summed E-state index contributed by atoms with van der Waals surface area (Å²) in [6, 6.07) is 0. The Kier molecular flexibility index (Phi) is 9.76. The third-order valence-corrected chi connectivity index (χ3v) is 3.56. The zero-order valence-corrected chi connectivity index (χ0v) is 13.2. The lowest BCUT2D eigenvalue weighted by Gasteiger charge is -2.33. The van der Waals surface area contributed by atoms with Crippen molar-refractivity contribution in [2.45, 2.75) is 91.3 Å². The van der Waals surface area contributed by atoms with E-state index in [1.54, 1.807) is 7.11 Å². The smallest absolute Gasteiger partial charge is 0.0878 e. The molecular weight excluding hydrogens is 224 g/mol. The van der Waals surface area contributed by atoms with E-state index in [9.17, 15) is 5.11 Å². The Morgan fingerprint density at radius 1 is 0.944 bits per heavy atom. The molecule has 2 unspecified atom stereocenters. The molecule has 0 aromatic rings. The van der Waals surface area contributed by atoms with Gasteiger partial charge in [-0.15, -0.1) is 0 Å². The van der Waals surface area contributed by atoms with E-state index in [-0.39, 0.29) is 17.6 Å². The second-order valence-electron chi connectivity index (χ2n) is 6.50. The van der Waals surface area contributed by atoms with Crippen molar-refractivity contribution in [3.8, 4) is 0 Å². The van der Waals surface area contributed by atoms with Crippen LogP contribution in [0.1, 0.15) is 79.1 Å². The maximum absolute atomic E-state index is 10.2. The minimum Gasteiger partial charge on any atom is -0.390 e.